The number of carbonyl (C=O) groups excluding carboxylic acids is 2. The van der Waals surface area contributed by atoms with Crippen LogP contribution in [0.1, 0.15) is 37.0 Å². The van der Waals surface area contributed by atoms with Crippen LogP contribution in [0.25, 0.3) is 0 Å². The van der Waals surface area contributed by atoms with E-state index in [4.69, 9.17) is 4.74 Å². The fourth-order valence-corrected chi connectivity index (χ4v) is 6.90. The molecule has 0 aliphatic rings. The van der Waals surface area contributed by atoms with Gasteiger partial charge in [-0.1, -0.05) is 67.1 Å². The van der Waals surface area contributed by atoms with Gasteiger partial charge in [-0.05, 0) is 86.2 Å². The molecule has 4 rings (SSSR count). The smallest absolute Gasteiger partial charge is 0.264 e. The van der Waals surface area contributed by atoms with Crippen LogP contribution in [0.3, 0.4) is 0 Å². The number of carbonyl (C=O) groups is 2. The van der Waals surface area contributed by atoms with Gasteiger partial charge in [0.25, 0.3) is 10.0 Å². The summed E-state index contributed by atoms with van der Waals surface area (Å²) in [6.45, 7) is 5.36. The van der Waals surface area contributed by atoms with Gasteiger partial charge < -0.3 is 15.0 Å². The second kappa shape index (κ2) is 16.5. The number of methoxy groups -OCH3 is 1. The monoisotopic (exact) mass is 673 g/mol. The van der Waals surface area contributed by atoms with E-state index in [-0.39, 0.29) is 29.8 Å². The molecule has 0 radical (unpaired) electrons. The lowest BCUT2D eigenvalue weighted by molar-refractivity contribution is -0.140. The van der Waals surface area contributed by atoms with E-state index < -0.39 is 28.5 Å². The molecule has 0 aliphatic heterocycles. The third-order valence-corrected chi connectivity index (χ3v) is 10.5. The number of amides is 2. The van der Waals surface area contributed by atoms with Crippen molar-refractivity contribution in [3.05, 3.63) is 120 Å². The van der Waals surface area contributed by atoms with Crippen LogP contribution >= 0.6 is 11.8 Å². The third kappa shape index (κ3) is 9.39. The number of ether oxygens (including phenoxy) is 1. The van der Waals surface area contributed by atoms with Crippen molar-refractivity contribution in [1.82, 2.24) is 10.2 Å². The molecule has 0 spiro atoms. The molecule has 1 N–H and O–H groups in total. The normalized spacial score (nSPS) is 12.5. The Morgan fingerprint density at radius 1 is 0.894 bits per heavy atom. The minimum atomic E-state index is -4.18. The fourth-order valence-electron chi connectivity index (χ4n) is 5.08. The highest BCUT2D eigenvalue weighted by molar-refractivity contribution is 7.98. The Bertz CT molecular complexity index is 1730. The van der Waals surface area contributed by atoms with Crippen molar-refractivity contribution in [1.29, 1.82) is 0 Å². The number of rotatable bonds is 15. The zero-order valence-electron chi connectivity index (χ0n) is 27.6. The molecule has 0 saturated carbocycles. The molecule has 47 heavy (non-hydrogen) atoms. The second-order valence-corrected chi connectivity index (χ2v) is 14.2. The van der Waals surface area contributed by atoms with Gasteiger partial charge in [0.2, 0.25) is 11.8 Å². The summed E-state index contributed by atoms with van der Waals surface area (Å²) < 4.78 is 35.1. The van der Waals surface area contributed by atoms with Crippen LogP contribution in [0, 0.1) is 6.92 Å². The number of sulfonamides is 1. The van der Waals surface area contributed by atoms with Crippen LogP contribution in [0.2, 0.25) is 0 Å². The number of nitrogens with zero attached hydrogens (tertiary/aromatic N) is 2. The van der Waals surface area contributed by atoms with E-state index in [9.17, 15) is 18.0 Å². The van der Waals surface area contributed by atoms with Crippen LogP contribution in [0.5, 0.6) is 5.75 Å². The molecular formula is C37H43N3O5S2. The third-order valence-electron chi connectivity index (χ3n) is 8.01. The number of hydrogen-bond acceptors (Lipinski definition) is 6. The molecule has 0 aromatic heterocycles. The molecular weight excluding hydrogens is 631 g/mol. The molecule has 248 valence electrons. The molecule has 2 amide bonds. The van der Waals surface area contributed by atoms with Crippen molar-refractivity contribution in [2.24, 2.45) is 0 Å². The maximum absolute atomic E-state index is 14.6. The largest absolute Gasteiger partial charge is 0.497 e. The molecule has 0 saturated heterocycles. The second-order valence-electron chi connectivity index (χ2n) is 11.4. The summed E-state index contributed by atoms with van der Waals surface area (Å²) in [7, 11) is -2.61. The number of benzene rings is 4. The van der Waals surface area contributed by atoms with E-state index in [1.54, 1.807) is 49.6 Å². The van der Waals surface area contributed by atoms with E-state index >= 15 is 0 Å². The zero-order chi connectivity index (χ0) is 34.0. The van der Waals surface area contributed by atoms with Gasteiger partial charge >= 0.3 is 0 Å². The lowest BCUT2D eigenvalue weighted by Crippen LogP contribution is -2.54. The van der Waals surface area contributed by atoms with Gasteiger partial charge in [0.1, 0.15) is 18.3 Å². The predicted octanol–water partition coefficient (Wildman–Crippen LogP) is 6.48. The minimum Gasteiger partial charge on any atom is -0.497 e. The van der Waals surface area contributed by atoms with Crippen molar-refractivity contribution in [2.45, 2.75) is 62.0 Å². The Morgan fingerprint density at radius 2 is 1.55 bits per heavy atom. The lowest BCUT2D eigenvalue weighted by Gasteiger charge is -2.34. The van der Waals surface area contributed by atoms with E-state index in [0.29, 0.717) is 17.9 Å². The first-order valence-corrected chi connectivity index (χ1v) is 18.2. The van der Waals surface area contributed by atoms with Crippen molar-refractivity contribution in [3.8, 4) is 5.75 Å². The molecule has 2 atom stereocenters. The maximum atomic E-state index is 14.6. The summed E-state index contributed by atoms with van der Waals surface area (Å²) in [6, 6.07) is 29.4. The predicted molar refractivity (Wildman–Crippen MR) is 189 cm³/mol. The van der Waals surface area contributed by atoms with Crippen molar-refractivity contribution in [2.75, 3.05) is 24.2 Å². The molecule has 8 nitrogen and oxygen atoms in total. The van der Waals surface area contributed by atoms with Crippen molar-refractivity contribution < 1.29 is 22.7 Å². The molecule has 0 heterocycles. The van der Waals surface area contributed by atoms with Gasteiger partial charge in [-0.3, -0.25) is 13.9 Å². The molecule has 4 aromatic rings. The molecule has 0 fully saturated rings. The number of thioether (sulfide) groups is 1. The summed E-state index contributed by atoms with van der Waals surface area (Å²) in [5, 5.41) is 3.06. The highest BCUT2D eigenvalue weighted by atomic mass is 32.2. The zero-order valence-corrected chi connectivity index (χ0v) is 29.2. The first kappa shape index (κ1) is 35.6. The van der Waals surface area contributed by atoms with Gasteiger partial charge in [-0.2, -0.15) is 0 Å². The number of anilines is 1. The van der Waals surface area contributed by atoms with Crippen LogP contribution in [-0.4, -0.2) is 57.1 Å². The summed E-state index contributed by atoms with van der Waals surface area (Å²) in [5.41, 5.74) is 2.91. The first-order valence-electron chi connectivity index (χ1n) is 15.6. The Labute approximate surface area is 283 Å². The molecule has 0 unspecified atom stereocenters. The number of hydrogen-bond donors (Lipinski definition) is 1. The molecule has 10 heteroatoms. The van der Waals surface area contributed by atoms with E-state index in [2.05, 4.69) is 5.32 Å². The van der Waals surface area contributed by atoms with Crippen LogP contribution in [-0.2, 0) is 32.6 Å². The fraction of sp³-hybridized carbons (Fsp3) is 0.297. The summed E-state index contributed by atoms with van der Waals surface area (Å²) in [4.78, 5) is 31.1. The summed E-state index contributed by atoms with van der Waals surface area (Å²) in [6.07, 6.45) is 2.87. The topological polar surface area (TPSA) is 96.0 Å². The van der Waals surface area contributed by atoms with Gasteiger partial charge in [0, 0.05) is 23.9 Å². The molecule has 4 aromatic carbocycles. The Balaban J connectivity index is 1.81. The number of aryl methyl sites for hydroxylation is 1. The highest BCUT2D eigenvalue weighted by Crippen LogP contribution is 2.27. The van der Waals surface area contributed by atoms with Gasteiger partial charge in [0.05, 0.1) is 17.7 Å². The van der Waals surface area contributed by atoms with Gasteiger partial charge in [-0.25, -0.2) is 8.42 Å². The molecule has 0 bridgehead atoms. The Kier molecular flexibility index (Phi) is 12.5. The van der Waals surface area contributed by atoms with Crippen molar-refractivity contribution in [3.63, 3.8) is 0 Å². The quantitative estimate of drug-likeness (QED) is 0.145. The Morgan fingerprint density at radius 3 is 2.17 bits per heavy atom. The number of nitrogens with one attached hydrogen (secondary N) is 1. The van der Waals surface area contributed by atoms with Crippen LogP contribution in [0.15, 0.2) is 113 Å². The average molecular weight is 674 g/mol. The van der Waals surface area contributed by atoms with Gasteiger partial charge in [0.15, 0.2) is 0 Å². The maximum Gasteiger partial charge on any atom is 0.264 e. The lowest BCUT2D eigenvalue weighted by atomic mass is 10.0. The summed E-state index contributed by atoms with van der Waals surface area (Å²) >= 11 is 1.51. The van der Waals surface area contributed by atoms with E-state index in [1.165, 1.54) is 16.7 Å². The van der Waals surface area contributed by atoms with Crippen LogP contribution < -0.4 is 14.4 Å². The molecule has 0 aliphatic carbocycles. The van der Waals surface area contributed by atoms with E-state index in [0.717, 1.165) is 25.9 Å². The SMILES string of the molecule is CC[C@@H](C)NC(=O)[C@@H](Cc1ccccc1)N(Cc1cccc(OC)c1)C(=O)CN(c1ccc(C)cc1)S(=O)(=O)c1ccc(SC)cc1. The highest BCUT2D eigenvalue weighted by Gasteiger charge is 2.35. The summed E-state index contributed by atoms with van der Waals surface area (Å²) in [5.74, 6) is -0.217. The minimum absolute atomic E-state index is 0.0612. The first-order chi connectivity index (χ1) is 22.5. The van der Waals surface area contributed by atoms with E-state index in [1.807, 2.05) is 87.7 Å². The Hall–Kier alpha value is -4.28. The standard InChI is InChI=1S/C37H43N3O5S2/c1-6-28(3)38-37(42)35(24-29-11-8-7-9-12-29)39(25-30-13-10-14-32(23-30)45-4)36(41)26-40(31-17-15-27(2)16-18-31)47(43,44)34-21-19-33(46-5)20-22-34/h7-23,28,35H,6,24-26H2,1-5H3,(H,38,42)/t28-,35-/m1/s1. The van der Waals surface area contributed by atoms with Crippen LogP contribution in [0.4, 0.5) is 5.69 Å². The van der Waals surface area contributed by atoms with Gasteiger partial charge in [-0.15, -0.1) is 11.8 Å². The average Bonchev–Trinajstić information content (AvgIpc) is 3.09. The van der Waals surface area contributed by atoms with Crippen molar-refractivity contribution >= 4 is 39.3 Å².